The predicted octanol–water partition coefficient (Wildman–Crippen LogP) is 2.02. The molecule has 1 aliphatic heterocycles. The molecule has 5 aliphatic rings. The highest BCUT2D eigenvalue weighted by Crippen LogP contribution is 2.60. The zero-order chi connectivity index (χ0) is 27.6. The van der Waals surface area contributed by atoms with Crippen LogP contribution < -0.4 is 0 Å². The van der Waals surface area contributed by atoms with Crippen molar-refractivity contribution < 1.29 is 59.9 Å². The highest BCUT2D eigenvalue weighted by atomic mass is 32.2. The van der Waals surface area contributed by atoms with E-state index in [4.69, 9.17) is 18.8 Å². The Labute approximate surface area is 217 Å². The second-order valence-corrected chi connectivity index (χ2v) is 12.7. The van der Waals surface area contributed by atoms with Gasteiger partial charge in [0.25, 0.3) is 0 Å². The summed E-state index contributed by atoms with van der Waals surface area (Å²) >= 11 is 0. The van der Waals surface area contributed by atoms with Gasteiger partial charge in [-0.2, -0.15) is 17.2 Å². The summed E-state index contributed by atoms with van der Waals surface area (Å²) in [6.07, 6.45) is 2.20. The minimum absolute atomic E-state index is 0.298. The smallest absolute Gasteiger partial charge is 0.402 e. The summed E-state index contributed by atoms with van der Waals surface area (Å²) < 4.78 is 77.3. The van der Waals surface area contributed by atoms with Gasteiger partial charge in [0.1, 0.15) is 17.8 Å². The van der Waals surface area contributed by atoms with Gasteiger partial charge in [0, 0.05) is 11.8 Å². The van der Waals surface area contributed by atoms with E-state index in [1.807, 2.05) is 6.92 Å². The molecule has 0 radical (unpaired) electrons. The molecule has 5 rings (SSSR count). The van der Waals surface area contributed by atoms with E-state index in [1.54, 1.807) is 0 Å². The van der Waals surface area contributed by atoms with Gasteiger partial charge in [-0.1, -0.05) is 6.92 Å². The second kappa shape index (κ2) is 9.39. The Morgan fingerprint density at radius 2 is 1.84 bits per heavy atom. The number of carbonyl (C=O) groups excluding carboxylic acids is 4. The summed E-state index contributed by atoms with van der Waals surface area (Å²) in [6.45, 7) is 0.0875. The number of rotatable bonds is 10. The zero-order valence-electron chi connectivity index (χ0n) is 20.7. The van der Waals surface area contributed by atoms with E-state index in [1.165, 1.54) is 0 Å². The molecule has 11 nitrogen and oxygen atoms in total. The minimum Gasteiger partial charge on any atom is -0.459 e. The first-order valence-corrected chi connectivity index (χ1v) is 14.3. The minimum atomic E-state index is -5.77. The third kappa shape index (κ3) is 4.46. The summed E-state index contributed by atoms with van der Waals surface area (Å²) in [6, 6.07) is 0. The van der Waals surface area contributed by atoms with Crippen molar-refractivity contribution in [2.75, 3.05) is 6.61 Å². The zero-order valence-corrected chi connectivity index (χ0v) is 21.5. The van der Waals surface area contributed by atoms with Crippen molar-refractivity contribution in [2.24, 2.45) is 35.5 Å². The maximum atomic E-state index is 13.5. The van der Waals surface area contributed by atoms with Crippen LogP contribution in [0.5, 0.6) is 0 Å². The topological polar surface area (TPSA) is 160 Å². The molecule has 0 aromatic rings. The van der Waals surface area contributed by atoms with E-state index >= 15 is 0 Å². The molecule has 212 valence electrons. The number of hydrogen-bond acceptors (Lipinski definition) is 10. The first-order chi connectivity index (χ1) is 17.8. The monoisotopic (exact) mass is 564 g/mol. The number of alkyl halides is 2. The fourth-order valence-electron chi connectivity index (χ4n) is 7.49. The van der Waals surface area contributed by atoms with Gasteiger partial charge in [0.05, 0.1) is 24.7 Å². The van der Waals surface area contributed by atoms with Crippen LogP contribution in [0.3, 0.4) is 0 Å². The highest BCUT2D eigenvalue weighted by molar-refractivity contribution is 7.86. The Morgan fingerprint density at radius 1 is 1.13 bits per heavy atom. The molecular formula is C24H30F2O11S. The Morgan fingerprint density at radius 3 is 2.45 bits per heavy atom. The van der Waals surface area contributed by atoms with Gasteiger partial charge < -0.3 is 18.9 Å². The van der Waals surface area contributed by atoms with E-state index in [0.717, 1.165) is 25.7 Å². The Balaban J connectivity index is 1.19. The van der Waals surface area contributed by atoms with Crippen molar-refractivity contribution in [3.8, 4) is 0 Å². The van der Waals surface area contributed by atoms with Gasteiger partial charge in [0.15, 0.2) is 6.61 Å². The fraction of sp³-hybridized carbons (Fsp3) is 0.833. The van der Waals surface area contributed by atoms with Crippen molar-refractivity contribution in [3.05, 3.63) is 0 Å². The van der Waals surface area contributed by atoms with Crippen molar-refractivity contribution in [1.82, 2.24) is 0 Å². The van der Waals surface area contributed by atoms with Crippen LogP contribution >= 0.6 is 0 Å². The van der Waals surface area contributed by atoms with Crippen LogP contribution in [0.4, 0.5) is 8.78 Å². The molecule has 1 heterocycles. The van der Waals surface area contributed by atoms with Crippen LogP contribution in [0.15, 0.2) is 0 Å². The fourth-order valence-corrected chi connectivity index (χ4v) is 7.69. The van der Waals surface area contributed by atoms with Crippen molar-refractivity contribution in [2.45, 2.75) is 81.4 Å². The summed E-state index contributed by atoms with van der Waals surface area (Å²) in [4.78, 5) is 50.3. The lowest BCUT2D eigenvalue weighted by atomic mass is 9.77. The highest BCUT2D eigenvalue weighted by Gasteiger charge is 2.70. The van der Waals surface area contributed by atoms with Crippen molar-refractivity contribution in [1.29, 1.82) is 0 Å². The van der Waals surface area contributed by atoms with E-state index in [0.29, 0.717) is 24.7 Å². The standard InChI is InChI=1S/C24H30F2O11S/c1-2-23(9-11-3-4-12(23)7-11)37-22(30)18-14-8-13-17(18)21(29)36-20(13)19(14)35-16(28)6-5-15(27)34-10-24(25,26)38(31,32)33/h11-14,17-20H,2-10H2,1H3,(H,31,32,33). The molecule has 9 unspecified atom stereocenters. The summed E-state index contributed by atoms with van der Waals surface area (Å²) in [5.74, 6) is -4.61. The molecule has 4 aliphatic carbocycles. The first kappa shape index (κ1) is 27.2. The maximum absolute atomic E-state index is 13.5. The SMILES string of the molecule is CCC1(OC(=O)C2C3CC4C(OC(=O)C42)C3OC(=O)CCC(=O)OCC(F)(F)S(=O)(=O)O)CC2CCC1C2. The second-order valence-electron chi connectivity index (χ2n) is 11.2. The Hall–Kier alpha value is -2.35. The molecule has 4 bridgehead atoms. The summed E-state index contributed by atoms with van der Waals surface area (Å²) in [5.41, 5.74) is -0.539. The molecule has 0 amide bonds. The number of ether oxygens (including phenoxy) is 4. The average Bonchev–Trinajstić information content (AvgIpc) is 3.63. The lowest BCUT2D eigenvalue weighted by Gasteiger charge is -2.39. The number of fused-ring (bicyclic) bond motifs is 3. The molecule has 14 heteroatoms. The molecular weight excluding hydrogens is 534 g/mol. The largest absolute Gasteiger partial charge is 0.459 e. The van der Waals surface area contributed by atoms with Crippen LogP contribution in [0, 0.1) is 35.5 Å². The van der Waals surface area contributed by atoms with Gasteiger partial charge in [-0.25, -0.2) is 0 Å². The molecule has 5 fully saturated rings. The molecule has 4 saturated carbocycles. The van der Waals surface area contributed by atoms with Crippen molar-refractivity contribution in [3.63, 3.8) is 0 Å². The summed E-state index contributed by atoms with van der Waals surface area (Å²) in [5, 5.41) is -4.69. The molecule has 9 atom stereocenters. The van der Waals surface area contributed by atoms with Gasteiger partial charge in [-0.05, 0) is 50.4 Å². The van der Waals surface area contributed by atoms with E-state index < -0.39 is 94.3 Å². The summed E-state index contributed by atoms with van der Waals surface area (Å²) in [7, 11) is -5.77. The van der Waals surface area contributed by atoms with Gasteiger partial charge >= 0.3 is 39.2 Å². The number of halogens is 2. The Bertz CT molecular complexity index is 1140. The number of esters is 4. The molecule has 0 aromatic heterocycles. The number of hydrogen-bond donors (Lipinski definition) is 1. The predicted molar refractivity (Wildman–Crippen MR) is 120 cm³/mol. The third-order valence-corrected chi connectivity index (χ3v) is 10.1. The maximum Gasteiger partial charge on any atom is 0.402 e. The first-order valence-electron chi connectivity index (χ1n) is 12.9. The average molecular weight is 565 g/mol. The molecule has 1 saturated heterocycles. The van der Waals surface area contributed by atoms with Crippen LogP contribution in [0.25, 0.3) is 0 Å². The molecule has 0 spiro atoms. The van der Waals surface area contributed by atoms with Crippen LogP contribution in [-0.4, -0.2) is 66.5 Å². The van der Waals surface area contributed by atoms with Crippen LogP contribution in [-0.2, 0) is 48.2 Å². The normalized spacial score (nSPS) is 38.8. The molecule has 38 heavy (non-hydrogen) atoms. The Kier molecular flexibility index (Phi) is 6.73. The molecule has 0 aromatic carbocycles. The van der Waals surface area contributed by atoms with E-state index in [2.05, 4.69) is 4.74 Å². The van der Waals surface area contributed by atoms with Gasteiger partial charge in [0.2, 0.25) is 0 Å². The van der Waals surface area contributed by atoms with E-state index in [9.17, 15) is 36.4 Å². The van der Waals surface area contributed by atoms with Crippen molar-refractivity contribution >= 4 is 34.0 Å². The third-order valence-electron chi connectivity index (χ3n) is 9.22. The van der Waals surface area contributed by atoms with Gasteiger partial charge in [-0.15, -0.1) is 0 Å². The van der Waals surface area contributed by atoms with Crippen LogP contribution in [0.2, 0.25) is 0 Å². The lowest BCUT2D eigenvalue weighted by molar-refractivity contribution is -0.180. The molecule has 1 N–H and O–H groups in total. The van der Waals surface area contributed by atoms with E-state index in [-0.39, 0.29) is 5.92 Å². The number of carbonyl (C=O) groups is 4. The quantitative estimate of drug-likeness (QED) is 0.235. The van der Waals surface area contributed by atoms with Gasteiger partial charge in [-0.3, -0.25) is 23.7 Å². The lowest BCUT2D eigenvalue weighted by Crippen LogP contribution is -2.47. The van der Waals surface area contributed by atoms with Crippen LogP contribution in [0.1, 0.15) is 58.3 Å².